The van der Waals surface area contributed by atoms with Crippen molar-refractivity contribution in [2.45, 2.75) is 13.3 Å². The molecule has 80 valence electrons. The monoisotopic (exact) mass is 269 g/mol. The van der Waals surface area contributed by atoms with E-state index < -0.39 is 0 Å². The van der Waals surface area contributed by atoms with E-state index in [-0.39, 0.29) is 0 Å². The van der Waals surface area contributed by atoms with Gasteiger partial charge in [-0.15, -0.1) is 0 Å². The van der Waals surface area contributed by atoms with Gasteiger partial charge in [0, 0.05) is 19.7 Å². The first-order valence-corrected chi connectivity index (χ1v) is 5.52. The van der Waals surface area contributed by atoms with Crippen LogP contribution in [0.3, 0.4) is 0 Å². The zero-order chi connectivity index (χ0) is 11.0. The predicted molar refractivity (Wildman–Crippen MR) is 62.1 cm³/mol. The van der Waals surface area contributed by atoms with E-state index in [9.17, 15) is 0 Å². The zero-order valence-electron chi connectivity index (χ0n) is 8.91. The summed E-state index contributed by atoms with van der Waals surface area (Å²) in [6.45, 7) is 2.08. The molecule has 0 saturated heterocycles. The number of fused-ring (bicyclic) bond motifs is 1. The molecule has 0 atom stereocenters. The summed E-state index contributed by atoms with van der Waals surface area (Å²) >= 11 is 3.44. The molecule has 2 rings (SSSR count). The van der Waals surface area contributed by atoms with E-state index in [4.69, 9.17) is 4.74 Å². The van der Waals surface area contributed by atoms with Crippen LogP contribution in [0.4, 0.5) is 0 Å². The molecule has 4 nitrogen and oxygen atoms in total. The van der Waals surface area contributed by atoms with Crippen LogP contribution in [0, 0.1) is 0 Å². The largest absolute Gasteiger partial charge is 0.479 e. The summed E-state index contributed by atoms with van der Waals surface area (Å²) in [6, 6.07) is 0. The first-order chi connectivity index (χ1) is 7.19. The Hall–Kier alpha value is -1.10. The van der Waals surface area contributed by atoms with Crippen LogP contribution in [0.1, 0.15) is 12.7 Å². The van der Waals surface area contributed by atoms with Gasteiger partial charge < -0.3 is 9.30 Å². The highest BCUT2D eigenvalue weighted by Gasteiger charge is 2.14. The molecule has 0 aromatic carbocycles. The third-order valence-electron chi connectivity index (χ3n) is 2.42. The highest BCUT2D eigenvalue weighted by molar-refractivity contribution is 9.10. The first-order valence-electron chi connectivity index (χ1n) is 4.72. The van der Waals surface area contributed by atoms with E-state index in [0.29, 0.717) is 5.88 Å². The van der Waals surface area contributed by atoms with Crippen molar-refractivity contribution in [2.75, 3.05) is 7.11 Å². The average molecular weight is 270 g/mol. The quantitative estimate of drug-likeness (QED) is 0.840. The summed E-state index contributed by atoms with van der Waals surface area (Å²) in [4.78, 5) is 8.74. The maximum Gasteiger partial charge on any atom is 0.240 e. The number of aromatic nitrogens is 3. The van der Waals surface area contributed by atoms with Crippen LogP contribution < -0.4 is 4.74 Å². The lowest BCUT2D eigenvalue weighted by molar-refractivity contribution is 0.401. The molecule has 2 aromatic rings. The van der Waals surface area contributed by atoms with Gasteiger partial charge in [0.25, 0.3) is 0 Å². The number of aryl methyl sites for hydroxylation is 2. The third-order valence-corrected chi connectivity index (χ3v) is 3.00. The molecule has 0 amide bonds. The molecule has 2 heterocycles. The first kappa shape index (κ1) is 10.4. The van der Waals surface area contributed by atoms with Gasteiger partial charge in [-0.2, -0.15) is 0 Å². The number of halogens is 1. The summed E-state index contributed by atoms with van der Waals surface area (Å²) in [5.41, 5.74) is 1.84. The standard InChI is InChI=1S/C10H12BrN3O/c1-4-7-13-8-6(11)5-12-10(15-3)9(8)14(7)2/h5H,4H2,1-3H3. The van der Waals surface area contributed by atoms with E-state index in [0.717, 1.165) is 27.8 Å². The Bertz CT molecular complexity index is 507. The van der Waals surface area contributed by atoms with Gasteiger partial charge in [0.1, 0.15) is 16.9 Å². The number of nitrogens with zero attached hydrogens (tertiary/aromatic N) is 3. The lowest BCUT2D eigenvalue weighted by atomic mass is 10.4. The normalized spacial score (nSPS) is 10.9. The van der Waals surface area contributed by atoms with Crippen molar-refractivity contribution in [1.82, 2.24) is 14.5 Å². The fraction of sp³-hybridized carbons (Fsp3) is 0.400. The maximum absolute atomic E-state index is 5.23. The Morgan fingerprint density at radius 1 is 1.53 bits per heavy atom. The smallest absolute Gasteiger partial charge is 0.240 e. The molecule has 0 saturated carbocycles. The highest BCUT2D eigenvalue weighted by Crippen LogP contribution is 2.29. The van der Waals surface area contributed by atoms with Crippen LogP contribution in [0.15, 0.2) is 10.7 Å². The van der Waals surface area contributed by atoms with Gasteiger partial charge >= 0.3 is 0 Å². The maximum atomic E-state index is 5.23. The van der Waals surface area contributed by atoms with E-state index >= 15 is 0 Å². The van der Waals surface area contributed by atoms with Gasteiger partial charge in [-0.1, -0.05) is 6.92 Å². The van der Waals surface area contributed by atoms with Crippen molar-refractivity contribution < 1.29 is 4.74 Å². The molecule has 0 aliphatic rings. The molecule has 0 N–H and O–H groups in total. The van der Waals surface area contributed by atoms with Crippen molar-refractivity contribution in [3.63, 3.8) is 0 Å². The summed E-state index contributed by atoms with van der Waals surface area (Å²) in [6.07, 6.45) is 2.61. The third kappa shape index (κ3) is 1.51. The minimum absolute atomic E-state index is 0.614. The van der Waals surface area contributed by atoms with Crippen molar-refractivity contribution in [1.29, 1.82) is 0 Å². The van der Waals surface area contributed by atoms with Crippen molar-refractivity contribution in [3.8, 4) is 5.88 Å². The van der Waals surface area contributed by atoms with Crippen LogP contribution in [-0.4, -0.2) is 21.6 Å². The molecule has 15 heavy (non-hydrogen) atoms. The minimum atomic E-state index is 0.614. The predicted octanol–water partition coefficient (Wildman–Crippen LogP) is 2.30. The number of hydrogen-bond acceptors (Lipinski definition) is 3. The minimum Gasteiger partial charge on any atom is -0.479 e. The Kier molecular flexibility index (Phi) is 2.65. The summed E-state index contributed by atoms with van der Waals surface area (Å²) in [5, 5.41) is 0. The number of imidazole rings is 1. The summed E-state index contributed by atoms with van der Waals surface area (Å²) in [5.74, 6) is 1.64. The van der Waals surface area contributed by atoms with Gasteiger partial charge in [-0.3, -0.25) is 0 Å². The van der Waals surface area contributed by atoms with E-state index in [2.05, 4.69) is 32.8 Å². The average Bonchev–Trinajstić information content (AvgIpc) is 2.58. The van der Waals surface area contributed by atoms with Gasteiger partial charge in [0.2, 0.25) is 5.88 Å². The lowest BCUT2D eigenvalue weighted by Crippen LogP contribution is -1.97. The van der Waals surface area contributed by atoms with Crippen LogP contribution in [0.2, 0.25) is 0 Å². The molecule has 0 spiro atoms. The van der Waals surface area contributed by atoms with Gasteiger partial charge in [0.05, 0.1) is 11.6 Å². The molecule has 0 aliphatic carbocycles. The van der Waals surface area contributed by atoms with Crippen molar-refractivity contribution in [3.05, 3.63) is 16.5 Å². The SMILES string of the molecule is CCc1nc2c(Br)cnc(OC)c2n1C. The van der Waals surface area contributed by atoms with Crippen molar-refractivity contribution >= 4 is 27.0 Å². The van der Waals surface area contributed by atoms with Gasteiger partial charge in [0.15, 0.2) is 0 Å². The molecule has 2 aromatic heterocycles. The fourth-order valence-electron chi connectivity index (χ4n) is 1.66. The number of ether oxygens (including phenoxy) is 1. The lowest BCUT2D eigenvalue weighted by Gasteiger charge is -2.03. The fourth-order valence-corrected chi connectivity index (χ4v) is 2.04. The molecule has 0 aliphatic heterocycles. The van der Waals surface area contributed by atoms with E-state index in [1.165, 1.54) is 0 Å². The molecule has 0 bridgehead atoms. The Labute approximate surface area is 96.4 Å². The van der Waals surface area contributed by atoms with Crippen molar-refractivity contribution in [2.24, 2.45) is 7.05 Å². The Morgan fingerprint density at radius 3 is 2.87 bits per heavy atom. The molecule has 5 heteroatoms. The van der Waals surface area contributed by atoms with Crippen LogP contribution >= 0.6 is 15.9 Å². The van der Waals surface area contributed by atoms with Crippen LogP contribution in [-0.2, 0) is 13.5 Å². The van der Waals surface area contributed by atoms with Crippen LogP contribution in [0.5, 0.6) is 5.88 Å². The summed E-state index contributed by atoms with van der Waals surface area (Å²) < 4.78 is 8.14. The van der Waals surface area contributed by atoms with Gasteiger partial charge in [-0.25, -0.2) is 9.97 Å². The summed E-state index contributed by atoms with van der Waals surface area (Å²) in [7, 11) is 3.60. The molecule has 0 fully saturated rings. The number of rotatable bonds is 2. The molecule has 0 radical (unpaired) electrons. The second-order valence-corrected chi connectivity index (χ2v) is 4.11. The van der Waals surface area contributed by atoms with Crippen LogP contribution in [0.25, 0.3) is 11.0 Å². The number of methoxy groups -OCH3 is 1. The van der Waals surface area contributed by atoms with E-state index in [1.807, 2.05) is 11.6 Å². The highest BCUT2D eigenvalue weighted by atomic mass is 79.9. The molecule has 0 unspecified atom stereocenters. The van der Waals surface area contributed by atoms with Gasteiger partial charge in [-0.05, 0) is 15.9 Å². The molecular formula is C10H12BrN3O. The second kappa shape index (κ2) is 3.81. The number of pyridine rings is 1. The Balaban J connectivity index is 2.85. The Morgan fingerprint density at radius 2 is 2.27 bits per heavy atom. The zero-order valence-corrected chi connectivity index (χ0v) is 10.5. The topological polar surface area (TPSA) is 39.9 Å². The molecular weight excluding hydrogens is 258 g/mol. The number of hydrogen-bond donors (Lipinski definition) is 0. The second-order valence-electron chi connectivity index (χ2n) is 3.25. The van der Waals surface area contributed by atoms with E-state index in [1.54, 1.807) is 13.3 Å².